The quantitative estimate of drug-likeness (QED) is 0.646. The second-order valence-corrected chi connectivity index (χ2v) is 5.22. The van der Waals surface area contributed by atoms with Gasteiger partial charge in [-0.25, -0.2) is 4.39 Å². The summed E-state index contributed by atoms with van der Waals surface area (Å²) >= 11 is 5.69. The number of rotatable bonds is 3. The van der Waals surface area contributed by atoms with Crippen molar-refractivity contribution < 1.29 is 4.39 Å². The molecule has 0 aliphatic carbocycles. The van der Waals surface area contributed by atoms with Crippen molar-refractivity contribution in [3.05, 3.63) is 73.8 Å². The van der Waals surface area contributed by atoms with Crippen LogP contribution in [-0.2, 0) is 6.54 Å². The van der Waals surface area contributed by atoms with E-state index >= 15 is 0 Å². The van der Waals surface area contributed by atoms with E-state index in [1.54, 1.807) is 0 Å². The lowest BCUT2D eigenvalue weighted by Gasteiger charge is -2.08. The van der Waals surface area contributed by atoms with E-state index in [2.05, 4.69) is 0 Å². The minimum Gasteiger partial charge on any atom is -0.305 e. The minimum absolute atomic E-state index is 0.104. The van der Waals surface area contributed by atoms with Crippen molar-refractivity contribution in [2.45, 2.75) is 20.4 Å². The zero-order valence-corrected chi connectivity index (χ0v) is 12.4. The van der Waals surface area contributed by atoms with Crippen LogP contribution >= 0.6 is 11.6 Å². The molecule has 0 saturated carbocycles. The molecule has 0 amide bonds. The maximum Gasteiger partial charge on any atom is 0.320 e. The van der Waals surface area contributed by atoms with E-state index in [4.69, 9.17) is 11.6 Å². The molecule has 0 unspecified atom stereocenters. The number of halogens is 2. The first-order chi connectivity index (χ1) is 9.90. The van der Waals surface area contributed by atoms with E-state index in [-0.39, 0.29) is 5.02 Å². The highest BCUT2D eigenvalue weighted by Gasteiger charge is 2.08. The lowest BCUT2D eigenvalue weighted by atomic mass is 10.3. The Bertz CT molecular complexity index is 817. The highest BCUT2D eigenvalue weighted by Crippen LogP contribution is 2.17. The van der Waals surface area contributed by atoms with Crippen LogP contribution in [0.25, 0.3) is 5.69 Å². The normalized spacial score (nSPS) is 10.5. The first kappa shape index (κ1) is 15.3. The predicted molar refractivity (Wildman–Crippen MR) is 80.7 cm³/mol. The van der Waals surface area contributed by atoms with Crippen LogP contribution in [0.2, 0.25) is 5.02 Å². The van der Waals surface area contributed by atoms with Gasteiger partial charge < -0.3 is 4.57 Å². The lowest BCUT2D eigenvalue weighted by molar-refractivity contribution is 0.627. The van der Waals surface area contributed by atoms with Gasteiger partial charge in [-0.1, -0.05) is 23.3 Å². The van der Waals surface area contributed by atoms with Gasteiger partial charge in [-0.15, -0.1) is 0 Å². The fourth-order valence-corrected chi connectivity index (χ4v) is 1.95. The van der Waals surface area contributed by atoms with Gasteiger partial charge in [0.05, 0.1) is 10.7 Å². The van der Waals surface area contributed by atoms with Crippen LogP contribution in [0, 0.1) is 5.82 Å². The van der Waals surface area contributed by atoms with Crippen molar-refractivity contribution in [1.82, 2.24) is 9.13 Å². The SMILES string of the molecule is CC(C)=CCn1ccn(-c2ccc(F)c(Cl)c2)c(=O)c1=O. The summed E-state index contributed by atoms with van der Waals surface area (Å²) in [5.74, 6) is -0.578. The van der Waals surface area contributed by atoms with Gasteiger partial charge in [0.15, 0.2) is 0 Å². The summed E-state index contributed by atoms with van der Waals surface area (Å²) in [6.07, 6.45) is 4.83. The maximum absolute atomic E-state index is 13.1. The van der Waals surface area contributed by atoms with Crippen molar-refractivity contribution in [2.24, 2.45) is 0 Å². The Kier molecular flexibility index (Phi) is 4.43. The Morgan fingerprint density at radius 3 is 2.57 bits per heavy atom. The fourth-order valence-electron chi connectivity index (χ4n) is 1.77. The summed E-state index contributed by atoms with van der Waals surface area (Å²) in [7, 11) is 0. The van der Waals surface area contributed by atoms with E-state index < -0.39 is 16.9 Å². The van der Waals surface area contributed by atoms with Crippen LogP contribution in [0.15, 0.2) is 51.8 Å². The molecule has 0 spiro atoms. The van der Waals surface area contributed by atoms with Gasteiger partial charge in [-0.05, 0) is 32.0 Å². The minimum atomic E-state index is -0.706. The molecule has 4 nitrogen and oxygen atoms in total. The van der Waals surface area contributed by atoms with E-state index in [1.807, 2.05) is 19.9 Å². The first-order valence-corrected chi connectivity index (χ1v) is 6.69. The molecule has 0 aliphatic rings. The molecule has 2 aromatic rings. The topological polar surface area (TPSA) is 44.0 Å². The summed E-state index contributed by atoms with van der Waals surface area (Å²) in [4.78, 5) is 24.1. The molecule has 110 valence electrons. The Morgan fingerprint density at radius 2 is 1.95 bits per heavy atom. The molecule has 1 heterocycles. The van der Waals surface area contributed by atoms with Crippen molar-refractivity contribution in [3.8, 4) is 5.69 Å². The Hall–Kier alpha value is -2.14. The van der Waals surface area contributed by atoms with E-state index in [1.165, 1.54) is 29.1 Å². The second kappa shape index (κ2) is 6.10. The van der Waals surface area contributed by atoms with E-state index in [0.717, 1.165) is 16.2 Å². The average molecular weight is 309 g/mol. The molecule has 0 saturated heterocycles. The van der Waals surface area contributed by atoms with Gasteiger partial charge >= 0.3 is 11.1 Å². The zero-order chi connectivity index (χ0) is 15.6. The van der Waals surface area contributed by atoms with E-state index in [9.17, 15) is 14.0 Å². The van der Waals surface area contributed by atoms with Gasteiger partial charge in [-0.3, -0.25) is 14.2 Å². The number of allylic oxidation sites excluding steroid dienone is 2. The molecule has 21 heavy (non-hydrogen) atoms. The third-order valence-corrected chi connectivity index (χ3v) is 3.23. The maximum atomic E-state index is 13.1. The van der Waals surface area contributed by atoms with Gasteiger partial charge in [0, 0.05) is 18.9 Å². The highest BCUT2D eigenvalue weighted by atomic mass is 35.5. The van der Waals surface area contributed by atoms with Crippen LogP contribution in [0.4, 0.5) is 4.39 Å². The molecule has 0 aliphatic heterocycles. The van der Waals surface area contributed by atoms with Crippen LogP contribution in [-0.4, -0.2) is 9.13 Å². The third kappa shape index (κ3) is 3.31. The summed E-state index contributed by atoms with van der Waals surface area (Å²) < 4.78 is 15.6. The van der Waals surface area contributed by atoms with Crippen molar-refractivity contribution in [1.29, 1.82) is 0 Å². The Labute approximate surface area is 125 Å². The number of hydrogen-bond acceptors (Lipinski definition) is 2. The highest BCUT2D eigenvalue weighted by molar-refractivity contribution is 6.30. The van der Waals surface area contributed by atoms with Gasteiger partial charge in [0.25, 0.3) is 0 Å². The number of nitrogens with zero attached hydrogens (tertiary/aromatic N) is 2. The average Bonchev–Trinajstić information content (AvgIpc) is 2.43. The summed E-state index contributed by atoms with van der Waals surface area (Å²) in [6, 6.07) is 3.85. The first-order valence-electron chi connectivity index (χ1n) is 6.31. The molecule has 0 fully saturated rings. The molecule has 0 N–H and O–H groups in total. The van der Waals surface area contributed by atoms with Gasteiger partial charge in [-0.2, -0.15) is 0 Å². The molecule has 0 radical (unpaired) electrons. The molecule has 1 aromatic heterocycles. The summed E-state index contributed by atoms with van der Waals surface area (Å²) in [6.45, 7) is 4.15. The number of aromatic nitrogens is 2. The predicted octanol–water partition coefficient (Wildman–Crippen LogP) is 2.76. The zero-order valence-electron chi connectivity index (χ0n) is 11.6. The molecule has 2 rings (SSSR count). The summed E-state index contributed by atoms with van der Waals surface area (Å²) in [5.41, 5.74) is 0.0482. The van der Waals surface area contributed by atoms with Crippen molar-refractivity contribution >= 4 is 11.6 Å². The standard InChI is InChI=1S/C15H14ClFN2O2/c1-10(2)5-6-18-7-8-19(15(21)14(18)20)11-3-4-13(17)12(16)9-11/h3-5,7-9H,6H2,1-2H3. The molecule has 0 atom stereocenters. The van der Waals surface area contributed by atoms with Gasteiger partial charge in [0.2, 0.25) is 0 Å². The lowest BCUT2D eigenvalue weighted by Crippen LogP contribution is -2.39. The molecule has 6 heteroatoms. The Morgan fingerprint density at radius 1 is 1.24 bits per heavy atom. The fraction of sp³-hybridized carbons (Fsp3) is 0.200. The largest absolute Gasteiger partial charge is 0.320 e. The number of benzene rings is 1. The summed E-state index contributed by atoms with van der Waals surface area (Å²) in [5, 5.41) is -0.104. The van der Waals surface area contributed by atoms with Crippen molar-refractivity contribution in [3.63, 3.8) is 0 Å². The van der Waals surface area contributed by atoms with Crippen LogP contribution in [0.3, 0.4) is 0 Å². The third-order valence-electron chi connectivity index (χ3n) is 2.94. The number of hydrogen-bond donors (Lipinski definition) is 0. The van der Waals surface area contributed by atoms with Crippen LogP contribution < -0.4 is 11.1 Å². The van der Waals surface area contributed by atoms with Crippen LogP contribution in [0.1, 0.15) is 13.8 Å². The molecular formula is C15H14ClFN2O2. The van der Waals surface area contributed by atoms with E-state index in [0.29, 0.717) is 12.2 Å². The van der Waals surface area contributed by atoms with Gasteiger partial charge in [0.1, 0.15) is 5.82 Å². The second-order valence-electron chi connectivity index (χ2n) is 4.81. The van der Waals surface area contributed by atoms with Crippen LogP contribution in [0.5, 0.6) is 0 Å². The smallest absolute Gasteiger partial charge is 0.305 e. The molecule has 1 aromatic carbocycles. The monoisotopic (exact) mass is 308 g/mol. The molecular weight excluding hydrogens is 295 g/mol. The van der Waals surface area contributed by atoms with Crippen molar-refractivity contribution in [2.75, 3.05) is 0 Å². The Balaban J connectivity index is 2.50. The molecule has 0 bridgehead atoms.